The number of aryl methyl sites for hydroxylation is 1. The average Bonchev–Trinajstić information content (AvgIpc) is 2.62. The fourth-order valence-electron chi connectivity index (χ4n) is 3.01. The summed E-state index contributed by atoms with van der Waals surface area (Å²) < 4.78 is 1.56. The number of hydrogen-bond acceptors (Lipinski definition) is 2. The minimum atomic E-state index is -0.0788. The van der Waals surface area contributed by atoms with Crippen LogP contribution < -0.4 is 10.9 Å². The van der Waals surface area contributed by atoms with E-state index >= 15 is 0 Å². The summed E-state index contributed by atoms with van der Waals surface area (Å²) in [4.78, 5) is 24.1. The zero-order valence-corrected chi connectivity index (χ0v) is 14.4. The predicted molar refractivity (Wildman–Crippen MR) is 96.7 cm³/mol. The lowest BCUT2D eigenvalue weighted by Gasteiger charge is -2.27. The van der Waals surface area contributed by atoms with E-state index in [4.69, 9.17) is 0 Å². The Bertz CT molecular complexity index is 690. The Labute approximate surface area is 143 Å². The molecule has 0 aliphatic carbocycles. The Morgan fingerprint density at radius 1 is 1.04 bits per heavy atom. The molecule has 1 atom stereocenters. The van der Waals surface area contributed by atoms with Crippen LogP contribution in [0.3, 0.4) is 0 Å². The number of carbonyl (C=O) groups is 1. The van der Waals surface area contributed by atoms with Crippen LogP contribution in [-0.2, 0) is 11.3 Å². The van der Waals surface area contributed by atoms with Crippen LogP contribution in [0, 0.1) is 5.92 Å². The van der Waals surface area contributed by atoms with E-state index in [2.05, 4.69) is 31.3 Å². The third-order valence-corrected chi connectivity index (χ3v) is 4.47. The van der Waals surface area contributed by atoms with E-state index in [9.17, 15) is 9.59 Å². The molecule has 0 radical (unpaired) electrons. The van der Waals surface area contributed by atoms with Crippen LogP contribution in [0.1, 0.15) is 44.7 Å². The number of nitrogens with one attached hydrogen (secondary N) is 1. The molecule has 4 nitrogen and oxygen atoms in total. The third-order valence-electron chi connectivity index (χ3n) is 4.47. The monoisotopic (exact) mass is 326 g/mol. The number of nitrogens with zero attached hydrogens (tertiary/aromatic N) is 1. The standard InChI is InChI=1S/C20H26N2O2/c1-3-16(4-2)20(17-10-6-5-7-11-17)21-18(23)13-15-22-14-9-8-12-19(22)24/h5-12,14,16,20H,3-4,13,15H2,1-2H3,(H,21,23). The highest BCUT2D eigenvalue weighted by molar-refractivity contribution is 5.76. The molecule has 1 unspecified atom stereocenters. The van der Waals surface area contributed by atoms with E-state index in [1.165, 1.54) is 6.07 Å². The number of benzene rings is 1. The second-order valence-electron chi connectivity index (χ2n) is 6.01. The molecular formula is C20H26N2O2. The molecular weight excluding hydrogens is 300 g/mol. The smallest absolute Gasteiger partial charge is 0.250 e. The van der Waals surface area contributed by atoms with Crippen molar-refractivity contribution in [1.82, 2.24) is 9.88 Å². The van der Waals surface area contributed by atoms with Gasteiger partial charge in [-0.3, -0.25) is 9.59 Å². The normalized spacial score (nSPS) is 12.1. The van der Waals surface area contributed by atoms with Crippen molar-refractivity contribution in [2.45, 2.75) is 45.7 Å². The molecule has 0 bridgehead atoms. The Kier molecular flexibility index (Phi) is 6.79. The fraction of sp³-hybridized carbons (Fsp3) is 0.400. The van der Waals surface area contributed by atoms with Gasteiger partial charge in [-0.2, -0.15) is 0 Å². The topological polar surface area (TPSA) is 51.1 Å². The van der Waals surface area contributed by atoms with Gasteiger partial charge in [0.25, 0.3) is 5.56 Å². The van der Waals surface area contributed by atoms with Gasteiger partial charge in [0, 0.05) is 25.2 Å². The Morgan fingerprint density at radius 3 is 2.33 bits per heavy atom. The van der Waals surface area contributed by atoms with Crippen LogP contribution >= 0.6 is 0 Å². The van der Waals surface area contributed by atoms with Crippen molar-refractivity contribution in [3.8, 4) is 0 Å². The van der Waals surface area contributed by atoms with Gasteiger partial charge in [0.15, 0.2) is 0 Å². The van der Waals surface area contributed by atoms with Gasteiger partial charge in [-0.15, -0.1) is 0 Å². The predicted octanol–water partition coefficient (Wildman–Crippen LogP) is 3.53. The molecule has 0 saturated carbocycles. The SMILES string of the molecule is CCC(CC)C(NC(=O)CCn1ccccc1=O)c1ccccc1. The average molecular weight is 326 g/mol. The molecule has 0 aliphatic rings. The Balaban J connectivity index is 2.04. The Morgan fingerprint density at radius 2 is 1.71 bits per heavy atom. The van der Waals surface area contributed by atoms with E-state index < -0.39 is 0 Å². The van der Waals surface area contributed by atoms with Crippen molar-refractivity contribution in [3.05, 3.63) is 70.6 Å². The van der Waals surface area contributed by atoms with Crippen molar-refractivity contribution in [2.75, 3.05) is 0 Å². The molecule has 1 N–H and O–H groups in total. The molecule has 1 amide bonds. The van der Waals surface area contributed by atoms with Crippen molar-refractivity contribution < 1.29 is 4.79 Å². The van der Waals surface area contributed by atoms with Gasteiger partial charge in [0.1, 0.15) is 0 Å². The summed E-state index contributed by atoms with van der Waals surface area (Å²) in [6.07, 6.45) is 4.03. The lowest BCUT2D eigenvalue weighted by molar-refractivity contribution is -0.122. The number of pyridine rings is 1. The molecule has 2 rings (SSSR count). The summed E-state index contributed by atoms with van der Waals surface area (Å²) in [5.41, 5.74) is 1.06. The maximum absolute atomic E-state index is 12.4. The largest absolute Gasteiger partial charge is 0.349 e. The van der Waals surface area contributed by atoms with Crippen LogP contribution in [0.2, 0.25) is 0 Å². The van der Waals surface area contributed by atoms with E-state index in [1.54, 1.807) is 22.9 Å². The lowest BCUT2D eigenvalue weighted by atomic mass is 9.88. The van der Waals surface area contributed by atoms with Gasteiger partial charge in [-0.05, 0) is 17.5 Å². The van der Waals surface area contributed by atoms with Gasteiger partial charge in [0.2, 0.25) is 5.91 Å². The quantitative estimate of drug-likeness (QED) is 0.807. The molecule has 0 spiro atoms. The fourth-order valence-corrected chi connectivity index (χ4v) is 3.01. The van der Waals surface area contributed by atoms with E-state index in [1.807, 2.05) is 18.2 Å². The molecule has 0 fully saturated rings. The Hall–Kier alpha value is -2.36. The van der Waals surface area contributed by atoms with Crippen LogP contribution in [0.4, 0.5) is 0 Å². The highest BCUT2D eigenvalue weighted by atomic mass is 16.2. The van der Waals surface area contributed by atoms with Gasteiger partial charge in [0.05, 0.1) is 6.04 Å². The van der Waals surface area contributed by atoms with Crippen molar-refractivity contribution in [2.24, 2.45) is 5.92 Å². The zero-order chi connectivity index (χ0) is 17.4. The van der Waals surface area contributed by atoms with Gasteiger partial charge >= 0.3 is 0 Å². The molecule has 0 aliphatic heterocycles. The highest BCUT2D eigenvalue weighted by Gasteiger charge is 2.22. The molecule has 1 aromatic carbocycles. The second-order valence-corrected chi connectivity index (χ2v) is 6.01. The summed E-state index contributed by atoms with van der Waals surface area (Å²) in [5.74, 6) is 0.377. The first kappa shape index (κ1) is 18.0. The molecule has 4 heteroatoms. The molecule has 24 heavy (non-hydrogen) atoms. The van der Waals surface area contributed by atoms with Crippen molar-refractivity contribution in [3.63, 3.8) is 0 Å². The molecule has 128 valence electrons. The van der Waals surface area contributed by atoms with E-state index in [0.717, 1.165) is 18.4 Å². The second kappa shape index (κ2) is 9.06. The first-order chi connectivity index (χ1) is 11.7. The summed E-state index contributed by atoms with van der Waals surface area (Å²) in [7, 11) is 0. The molecule has 2 aromatic rings. The number of carbonyl (C=O) groups excluding carboxylic acids is 1. The first-order valence-electron chi connectivity index (χ1n) is 8.65. The minimum Gasteiger partial charge on any atom is -0.349 e. The number of hydrogen-bond donors (Lipinski definition) is 1. The summed E-state index contributed by atoms with van der Waals surface area (Å²) in [6.45, 7) is 4.70. The van der Waals surface area contributed by atoms with Gasteiger partial charge in [-0.25, -0.2) is 0 Å². The zero-order valence-electron chi connectivity index (χ0n) is 14.4. The van der Waals surface area contributed by atoms with Crippen molar-refractivity contribution in [1.29, 1.82) is 0 Å². The van der Waals surface area contributed by atoms with Crippen LogP contribution in [0.15, 0.2) is 59.5 Å². The number of rotatable bonds is 8. The molecule has 0 saturated heterocycles. The summed E-state index contributed by atoms with van der Waals surface area (Å²) in [6, 6.07) is 15.1. The van der Waals surface area contributed by atoms with Crippen LogP contribution in [0.25, 0.3) is 0 Å². The third kappa shape index (κ3) is 4.82. The van der Waals surface area contributed by atoms with Crippen LogP contribution in [0.5, 0.6) is 0 Å². The summed E-state index contributed by atoms with van der Waals surface area (Å²) >= 11 is 0. The molecule has 1 aromatic heterocycles. The van der Waals surface area contributed by atoms with Gasteiger partial charge < -0.3 is 9.88 Å². The van der Waals surface area contributed by atoms with Crippen molar-refractivity contribution >= 4 is 5.91 Å². The lowest BCUT2D eigenvalue weighted by Crippen LogP contribution is -2.34. The molecule has 1 heterocycles. The number of amides is 1. The maximum atomic E-state index is 12.4. The van der Waals surface area contributed by atoms with Gasteiger partial charge in [-0.1, -0.05) is 63.1 Å². The van der Waals surface area contributed by atoms with Crippen LogP contribution in [-0.4, -0.2) is 10.5 Å². The summed E-state index contributed by atoms with van der Waals surface area (Å²) in [5, 5.41) is 3.17. The minimum absolute atomic E-state index is 0.0150. The number of aromatic nitrogens is 1. The highest BCUT2D eigenvalue weighted by Crippen LogP contribution is 2.27. The maximum Gasteiger partial charge on any atom is 0.250 e. The van der Waals surface area contributed by atoms with E-state index in [0.29, 0.717) is 18.9 Å². The van der Waals surface area contributed by atoms with E-state index in [-0.39, 0.29) is 17.5 Å². The first-order valence-corrected chi connectivity index (χ1v) is 8.65.